The number of aldehydes is 1. The number of carbonyl (C=O) groups excluding carboxylic acids is 1. The fourth-order valence-corrected chi connectivity index (χ4v) is 1.56. The summed E-state index contributed by atoms with van der Waals surface area (Å²) in [6.45, 7) is 0. The highest BCUT2D eigenvalue weighted by molar-refractivity contribution is 9.08. The van der Waals surface area contributed by atoms with Gasteiger partial charge in [0.1, 0.15) is 0 Å². The van der Waals surface area contributed by atoms with Crippen LogP contribution in [0.25, 0.3) is 0 Å². The van der Waals surface area contributed by atoms with E-state index >= 15 is 0 Å². The molecule has 0 bridgehead atoms. The smallest absolute Gasteiger partial charge is 0.151 e. The Hall–Kier alpha value is -0.340. The Balaban J connectivity index is 3.24. The third kappa shape index (κ3) is 1.82. The molecule has 11 heavy (non-hydrogen) atoms. The summed E-state index contributed by atoms with van der Waals surface area (Å²) in [6, 6.07) is 5.40. The van der Waals surface area contributed by atoms with E-state index in [1.165, 1.54) is 0 Å². The summed E-state index contributed by atoms with van der Waals surface area (Å²) in [4.78, 5) is 10.5. The molecule has 0 spiro atoms. The van der Waals surface area contributed by atoms with Crippen LogP contribution in [0.15, 0.2) is 18.2 Å². The first kappa shape index (κ1) is 8.75. The first-order valence-corrected chi connectivity index (χ1v) is 4.58. The quantitative estimate of drug-likeness (QED) is 0.567. The average Bonchev–Trinajstić information content (AvgIpc) is 2.04. The molecule has 58 valence electrons. The molecule has 0 saturated heterocycles. The molecule has 0 radical (unpaired) electrons. The Kier molecular flexibility index (Phi) is 3.09. The zero-order valence-electron chi connectivity index (χ0n) is 5.68. The third-order valence-corrected chi connectivity index (χ3v) is 2.34. The van der Waals surface area contributed by atoms with Crippen LogP contribution in [0.5, 0.6) is 0 Å². The molecule has 1 nitrogen and oxygen atoms in total. The Bertz CT molecular complexity index is 273. The summed E-state index contributed by atoms with van der Waals surface area (Å²) in [6.07, 6.45) is 0.777. The van der Waals surface area contributed by atoms with Gasteiger partial charge in [-0.1, -0.05) is 39.7 Å². The van der Waals surface area contributed by atoms with E-state index in [0.29, 0.717) is 15.9 Å². The van der Waals surface area contributed by atoms with Gasteiger partial charge in [-0.2, -0.15) is 0 Å². The van der Waals surface area contributed by atoms with Crippen molar-refractivity contribution in [2.75, 3.05) is 0 Å². The van der Waals surface area contributed by atoms with Gasteiger partial charge in [-0.25, -0.2) is 0 Å². The van der Waals surface area contributed by atoms with Gasteiger partial charge >= 0.3 is 0 Å². The van der Waals surface area contributed by atoms with E-state index in [-0.39, 0.29) is 0 Å². The summed E-state index contributed by atoms with van der Waals surface area (Å²) >= 11 is 9.02. The van der Waals surface area contributed by atoms with Gasteiger partial charge in [-0.3, -0.25) is 4.79 Å². The van der Waals surface area contributed by atoms with Crippen LogP contribution in [0.4, 0.5) is 0 Å². The van der Waals surface area contributed by atoms with Crippen LogP contribution >= 0.6 is 27.5 Å². The number of halogens is 2. The highest BCUT2D eigenvalue weighted by Crippen LogP contribution is 2.19. The van der Waals surface area contributed by atoms with Crippen molar-refractivity contribution in [3.63, 3.8) is 0 Å². The van der Waals surface area contributed by atoms with Crippen molar-refractivity contribution in [1.29, 1.82) is 0 Å². The molecule has 0 aromatic heterocycles. The number of carbonyl (C=O) groups is 1. The lowest BCUT2D eigenvalue weighted by molar-refractivity contribution is 0.112. The van der Waals surface area contributed by atoms with Crippen molar-refractivity contribution in [2.45, 2.75) is 5.33 Å². The molecule has 1 rings (SSSR count). The van der Waals surface area contributed by atoms with E-state index in [2.05, 4.69) is 15.9 Å². The Labute approximate surface area is 78.5 Å². The fourth-order valence-electron chi connectivity index (χ4n) is 0.830. The zero-order chi connectivity index (χ0) is 8.27. The van der Waals surface area contributed by atoms with Crippen molar-refractivity contribution in [2.24, 2.45) is 0 Å². The summed E-state index contributed by atoms with van der Waals surface area (Å²) in [5.74, 6) is 0. The standard InChI is InChI=1S/C8H6BrClO/c9-4-6-2-1-3-8(10)7(6)5-11/h1-3,5H,4H2. The van der Waals surface area contributed by atoms with Crippen LogP contribution in [-0.4, -0.2) is 6.29 Å². The summed E-state index contributed by atoms with van der Waals surface area (Å²) in [5, 5.41) is 1.17. The number of alkyl halides is 1. The maximum absolute atomic E-state index is 10.5. The highest BCUT2D eigenvalue weighted by atomic mass is 79.9. The Morgan fingerprint density at radius 3 is 2.73 bits per heavy atom. The monoisotopic (exact) mass is 232 g/mol. The van der Waals surface area contributed by atoms with E-state index in [4.69, 9.17) is 11.6 Å². The van der Waals surface area contributed by atoms with Crippen LogP contribution < -0.4 is 0 Å². The molecule has 0 aliphatic heterocycles. The minimum atomic E-state index is 0.511. The molecular formula is C8H6BrClO. The van der Waals surface area contributed by atoms with Gasteiger partial charge in [0.15, 0.2) is 6.29 Å². The molecule has 0 unspecified atom stereocenters. The van der Waals surface area contributed by atoms with Gasteiger partial charge in [-0.05, 0) is 11.6 Å². The molecule has 0 heterocycles. The second-order valence-corrected chi connectivity index (χ2v) is 3.03. The summed E-state index contributed by atoms with van der Waals surface area (Å²) < 4.78 is 0. The molecular weight excluding hydrogens is 227 g/mol. The van der Waals surface area contributed by atoms with Gasteiger partial charge in [0.2, 0.25) is 0 Å². The van der Waals surface area contributed by atoms with E-state index in [0.717, 1.165) is 11.8 Å². The van der Waals surface area contributed by atoms with Crippen molar-refractivity contribution in [1.82, 2.24) is 0 Å². The maximum Gasteiger partial charge on any atom is 0.151 e. The Morgan fingerprint density at radius 1 is 1.55 bits per heavy atom. The lowest BCUT2D eigenvalue weighted by atomic mass is 10.1. The second kappa shape index (κ2) is 3.88. The molecule has 1 aromatic rings. The van der Waals surface area contributed by atoms with Gasteiger partial charge in [0.25, 0.3) is 0 Å². The van der Waals surface area contributed by atoms with E-state index in [1.807, 2.05) is 12.1 Å². The molecule has 0 fully saturated rings. The first-order chi connectivity index (χ1) is 5.29. The topological polar surface area (TPSA) is 17.1 Å². The number of hydrogen-bond donors (Lipinski definition) is 0. The predicted octanol–water partition coefficient (Wildman–Crippen LogP) is 3.05. The van der Waals surface area contributed by atoms with Crippen molar-refractivity contribution in [3.05, 3.63) is 34.3 Å². The minimum absolute atomic E-state index is 0.511. The third-order valence-electron chi connectivity index (χ3n) is 1.41. The largest absolute Gasteiger partial charge is 0.298 e. The Morgan fingerprint density at radius 2 is 2.27 bits per heavy atom. The average molecular weight is 233 g/mol. The van der Waals surface area contributed by atoms with Crippen LogP contribution in [0.3, 0.4) is 0 Å². The zero-order valence-corrected chi connectivity index (χ0v) is 8.02. The van der Waals surface area contributed by atoms with Crippen molar-refractivity contribution < 1.29 is 4.79 Å². The van der Waals surface area contributed by atoms with Gasteiger partial charge in [0.05, 0.1) is 5.02 Å². The van der Waals surface area contributed by atoms with Crippen molar-refractivity contribution >= 4 is 33.8 Å². The highest BCUT2D eigenvalue weighted by Gasteiger charge is 2.02. The van der Waals surface area contributed by atoms with E-state index < -0.39 is 0 Å². The molecule has 0 amide bonds. The SMILES string of the molecule is O=Cc1c(Cl)cccc1CBr. The molecule has 0 N–H and O–H groups in total. The predicted molar refractivity (Wildman–Crippen MR) is 49.5 cm³/mol. The lowest BCUT2D eigenvalue weighted by Gasteiger charge is -2.00. The maximum atomic E-state index is 10.5. The second-order valence-electron chi connectivity index (χ2n) is 2.06. The number of rotatable bonds is 2. The number of benzene rings is 1. The van der Waals surface area contributed by atoms with Gasteiger partial charge in [0, 0.05) is 10.9 Å². The van der Waals surface area contributed by atoms with E-state index in [1.54, 1.807) is 6.07 Å². The van der Waals surface area contributed by atoms with Crippen LogP contribution in [0.2, 0.25) is 5.02 Å². The van der Waals surface area contributed by atoms with E-state index in [9.17, 15) is 4.79 Å². The van der Waals surface area contributed by atoms with Crippen LogP contribution in [-0.2, 0) is 5.33 Å². The van der Waals surface area contributed by atoms with Crippen LogP contribution in [0.1, 0.15) is 15.9 Å². The van der Waals surface area contributed by atoms with Crippen molar-refractivity contribution in [3.8, 4) is 0 Å². The molecule has 3 heteroatoms. The number of hydrogen-bond acceptors (Lipinski definition) is 1. The summed E-state index contributed by atoms with van der Waals surface area (Å²) in [5.41, 5.74) is 1.50. The molecule has 0 aliphatic carbocycles. The fraction of sp³-hybridized carbons (Fsp3) is 0.125. The molecule has 1 aromatic carbocycles. The minimum Gasteiger partial charge on any atom is -0.298 e. The molecule has 0 saturated carbocycles. The summed E-state index contributed by atoms with van der Waals surface area (Å²) in [7, 11) is 0. The molecule has 0 aliphatic rings. The van der Waals surface area contributed by atoms with Gasteiger partial charge in [-0.15, -0.1) is 0 Å². The normalized spacial score (nSPS) is 9.64. The van der Waals surface area contributed by atoms with Crippen LogP contribution in [0, 0.1) is 0 Å². The van der Waals surface area contributed by atoms with Gasteiger partial charge < -0.3 is 0 Å². The molecule has 0 atom stereocenters. The lowest BCUT2D eigenvalue weighted by Crippen LogP contribution is -1.89. The first-order valence-electron chi connectivity index (χ1n) is 3.08.